The molecule has 1 atom stereocenters. The largest absolute Gasteiger partial charge is 0.377 e. The number of nitro benzene ring substituents is 1. The Kier molecular flexibility index (Phi) is 4.22. The molecule has 0 heterocycles. The molecule has 1 rings (SSSR count). The van der Waals surface area contributed by atoms with E-state index in [4.69, 9.17) is 11.6 Å². The maximum atomic E-state index is 12.4. The number of anilines is 1. The van der Waals surface area contributed by atoms with Crippen LogP contribution in [-0.2, 0) is 0 Å². The van der Waals surface area contributed by atoms with Crippen molar-refractivity contribution in [3.63, 3.8) is 0 Å². The van der Waals surface area contributed by atoms with Gasteiger partial charge in [-0.3, -0.25) is 10.1 Å². The van der Waals surface area contributed by atoms with E-state index >= 15 is 0 Å². The number of alkyl halides is 2. The fourth-order valence-corrected chi connectivity index (χ4v) is 1.50. The van der Waals surface area contributed by atoms with Gasteiger partial charge in [-0.25, -0.2) is 8.78 Å². The van der Waals surface area contributed by atoms with Gasteiger partial charge in [-0.05, 0) is 25.5 Å². The average molecular weight is 265 g/mol. The summed E-state index contributed by atoms with van der Waals surface area (Å²) in [5, 5.41) is 13.1. The van der Waals surface area contributed by atoms with Gasteiger partial charge in [-0.1, -0.05) is 11.6 Å². The maximum Gasteiger partial charge on any atom is 0.288 e. The third-order valence-electron chi connectivity index (χ3n) is 2.25. The Morgan fingerprint density at radius 1 is 1.47 bits per heavy atom. The summed E-state index contributed by atoms with van der Waals surface area (Å²) in [5.74, 6) is 0. The van der Waals surface area contributed by atoms with E-state index in [0.717, 1.165) is 0 Å². The molecule has 4 nitrogen and oxygen atoms in total. The zero-order chi connectivity index (χ0) is 13.2. The molecule has 0 bridgehead atoms. The minimum Gasteiger partial charge on any atom is -0.377 e. The molecule has 7 heteroatoms. The lowest BCUT2D eigenvalue weighted by Gasteiger charge is -2.16. The van der Waals surface area contributed by atoms with Gasteiger partial charge in [0.25, 0.3) is 12.1 Å². The molecule has 0 saturated heterocycles. The number of halogens is 3. The van der Waals surface area contributed by atoms with Crippen LogP contribution >= 0.6 is 11.6 Å². The molecule has 0 amide bonds. The van der Waals surface area contributed by atoms with Gasteiger partial charge in [0.05, 0.1) is 11.0 Å². The minimum atomic E-state index is -2.52. The Bertz CT molecular complexity index is 441. The molecule has 0 aliphatic carbocycles. The minimum absolute atomic E-state index is 0.0791. The zero-order valence-corrected chi connectivity index (χ0v) is 9.96. The Labute approximate surface area is 102 Å². The third kappa shape index (κ3) is 3.26. The van der Waals surface area contributed by atoms with Crippen LogP contribution in [0.15, 0.2) is 12.1 Å². The number of nitro groups is 1. The molecule has 1 unspecified atom stereocenters. The van der Waals surface area contributed by atoms with Crippen molar-refractivity contribution in [1.29, 1.82) is 0 Å². The molecular weight excluding hydrogens is 254 g/mol. The van der Waals surface area contributed by atoms with Gasteiger partial charge in [0.15, 0.2) is 0 Å². The first-order chi connectivity index (χ1) is 7.82. The highest BCUT2D eigenvalue weighted by atomic mass is 35.5. The predicted octanol–water partition coefficient (Wildman–Crippen LogP) is 3.62. The monoisotopic (exact) mass is 264 g/mol. The second-order valence-electron chi connectivity index (χ2n) is 3.64. The standard InChI is InChI=1S/C10H11ClF2N2O2/c1-5-3-9(15(16)17)7(11)4-8(5)14-6(2)10(12)13/h3-4,6,10,14H,1-2H3. The normalized spacial score (nSPS) is 12.6. The average Bonchev–Trinajstić information content (AvgIpc) is 2.22. The Morgan fingerprint density at radius 3 is 2.53 bits per heavy atom. The molecule has 1 aromatic rings. The molecular formula is C10H11ClF2N2O2. The van der Waals surface area contributed by atoms with E-state index in [1.165, 1.54) is 19.1 Å². The first kappa shape index (κ1) is 13.6. The molecule has 0 aliphatic heterocycles. The van der Waals surface area contributed by atoms with Crippen LogP contribution in [0, 0.1) is 17.0 Å². The second kappa shape index (κ2) is 5.27. The Hall–Kier alpha value is -1.43. The number of benzene rings is 1. The molecule has 0 radical (unpaired) electrons. The summed E-state index contributed by atoms with van der Waals surface area (Å²) in [6, 6.07) is 1.49. The molecule has 0 fully saturated rings. The van der Waals surface area contributed by atoms with Gasteiger partial charge >= 0.3 is 0 Å². The van der Waals surface area contributed by atoms with Crippen molar-refractivity contribution in [2.75, 3.05) is 5.32 Å². The maximum absolute atomic E-state index is 12.4. The Balaban J connectivity index is 3.03. The zero-order valence-electron chi connectivity index (χ0n) is 9.21. The SMILES string of the molecule is Cc1cc([N+](=O)[O-])c(Cl)cc1NC(C)C(F)F. The van der Waals surface area contributed by atoms with E-state index in [1.807, 2.05) is 0 Å². The fraction of sp³-hybridized carbons (Fsp3) is 0.400. The van der Waals surface area contributed by atoms with Crippen molar-refractivity contribution >= 4 is 23.0 Å². The van der Waals surface area contributed by atoms with Gasteiger partial charge in [0.1, 0.15) is 5.02 Å². The second-order valence-corrected chi connectivity index (χ2v) is 4.05. The highest BCUT2D eigenvalue weighted by Crippen LogP contribution is 2.31. The van der Waals surface area contributed by atoms with Crippen molar-refractivity contribution in [1.82, 2.24) is 0 Å². The van der Waals surface area contributed by atoms with E-state index in [0.29, 0.717) is 11.3 Å². The Morgan fingerprint density at radius 2 is 2.06 bits per heavy atom. The van der Waals surface area contributed by atoms with Gasteiger partial charge in [-0.2, -0.15) is 0 Å². The van der Waals surface area contributed by atoms with E-state index in [9.17, 15) is 18.9 Å². The quantitative estimate of drug-likeness (QED) is 0.667. The van der Waals surface area contributed by atoms with E-state index in [-0.39, 0.29) is 10.7 Å². The molecule has 0 spiro atoms. The summed E-state index contributed by atoms with van der Waals surface area (Å²) >= 11 is 5.69. The van der Waals surface area contributed by atoms with Crippen molar-refractivity contribution < 1.29 is 13.7 Å². The lowest BCUT2D eigenvalue weighted by Crippen LogP contribution is -2.24. The van der Waals surface area contributed by atoms with Crippen molar-refractivity contribution in [3.05, 3.63) is 32.8 Å². The molecule has 17 heavy (non-hydrogen) atoms. The summed E-state index contributed by atoms with van der Waals surface area (Å²) in [6.07, 6.45) is -2.52. The van der Waals surface area contributed by atoms with E-state index in [2.05, 4.69) is 5.32 Å². The van der Waals surface area contributed by atoms with Crippen LogP contribution in [0.4, 0.5) is 20.2 Å². The summed E-state index contributed by atoms with van der Waals surface area (Å²) in [4.78, 5) is 9.98. The third-order valence-corrected chi connectivity index (χ3v) is 2.55. The van der Waals surface area contributed by atoms with Crippen LogP contribution in [0.25, 0.3) is 0 Å². The summed E-state index contributed by atoms with van der Waals surface area (Å²) < 4.78 is 24.7. The number of nitrogens with one attached hydrogen (secondary N) is 1. The number of rotatable bonds is 4. The van der Waals surface area contributed by atoms with Gasteiger partial charge in [0.2, 0.25) is 0 Å². The van der Waals surface area contributed by atoms with Crippen LogP contribution in [0.3, 0.4) is 0 Å². The number of hydrogen-bond donors (Lipinski definition) is 1. The van der Waals surface area contributed by atoms with Crippen LogP contribution in [0.2, 0.25) is 5.02 Å². The topological polar surface area (TPSA) is 55.2 Å². The predicted molar refractivity (Wildman–Crippen MR) is 61.9 cm³/mol. The van der Waals surface area contributed by atoms with Gasteiger partial charge < -0.3 is 5.32 Å². The van der Waals surface area contributed by atoms with Crippen LogP contribution in [0.1, 0.15) is 12.5 Å². The number of aryl methyl sites for hydroxylation is 1. The molecule has 94 valence electrons. The smallest absolute Gasteiger partial charge is 0.288 e. The molecule has 1 N–H and O–H groups in total. The molecule has 0 aromatic heterocycles. The summed E-state index contributed by atoms with van der Waals surface area (Å²) in [7, 11) is 0. The summed E-state index contributed by atoms with van der Waals surface area (Å²) in [5.41, 5.74) is 0.626. The van der Waals surface area contributed by atoms with Crippen molar-refractivity contribution in [2.45, 2.75) is 26.3 Å². The highest BCUT2D eigenvalue weighted by Gasteiger charge is 2.18. The lowest BCUT2D eigenvalue weighted by molar-refractivity contribution is -0.384. The summed E-state index contributed by atoms with van der Waals surface area (Å²) in [6.45, 7) is 2.91. The van der Waals surface area contributed by atoms with E-state index in [1.54, 1.807) is 6.92 Å². The van der Waals surface area contributed by atoms with Gasteiger partial charge in [-0.15, -0.1) is 0 Å². The number of nitrogens with zero attached hydrogens (tertiary/aromatic N) is 1. The van der Waals surface area contributed by atoms with Crippen molar-refractivity contribution in [3.8, 4) is 0 Å². The first-order valence-electron chi connectivity index (χ1n) is 4.82. The molecule has 0 saturated carbocycles. The van der Waals surface area contributed by atoms with E-state index < -0.39 is 17.4 Å². The molecule has 1 aromatic carbocycles. The van der Waals surface area contributed by atoms with Gasteiger partial charge in [0, 0.05) is 11.8 Å². The fourth-order valence-electron chi connectivity index (χ4n) is 1.27. The highest BCUT2D eigenvalue weighted by molar-refractivity contribution is 6.33. The first-order valence-corrected chi connectivity index (χ1v) is 5.20. The number of hydrogen-bond acceptors (Lipinski definition) is 3. The van der Waals surface area contributed by atoms with Crippen LogP contribution < -0.4 is 5.32 Å². The lowest BCUT2D eigenvalue weighted by atomic mass is 10.1. The van der Waals surface area contributed by atoms with Crippen molar-refractivity contribution in [2.24, 2.45) is 0 Å². The molecule has 0 aliphatic rings. The van der Waals surface area contributed by atoms with Crippen LogP contribution in [-0.4, -0.2) is 17.4 Å². The van der Waals surface area contributed by atoms with Crippen LogP contribution in [0.5, 0.6) is 0 Å².